The summed E-state index contributed by atoms with van der Waals surface area (Å²) in [7, 11) is 0. The van der Waals surface area contributed by atoms with E-state index in [9.17, 15) is 4.79 Å². The van der Waals surface area contributed by atoms with E-state index in [4.69, 9.17) is 9.47 Å². The van der Waals surface area contributed by atoms with Gasteiger partial charge in [0, 0.05) is 38.3 Å². The van der Waals surface area contributed by atoms with Crippen molar-refractivity contribution < 1.29 is 14.3 Å². The third kappa shape index (κ3) is 3.95. The average Bonchev–Trinajstić information content (AvgIpc) is 3.05. The van der Waals surface area contributed by atoms with Crippen molar-refractivity contribution in [3.63, 3.8) is 0 Å². The number of nitrogens with zero attached hydrogens (tertiary/aromatic N) is 2. The number of carbonyl (C=O) groups is 1. The average molecular weight is 358 g/mol. The van der Waals surface area contributed by atoms with Crippen molar-refractivity contribution in [3.8, 4) is 0 Å². The van der Waals surface area contributed by atoms with Crippen LogP contribution < -0.4 is 0 Å². The van der Waals surface area contributed by atoms with Gasteiger partial charge in [0.05, 0.1) is 25.9 Å². The first-order chi connectivity index (χ1) is 12.6. The first kappa shape index (κ1) is 18.0. The van der Waals surface area contributed by atoms with Gasteiger partial charge in [0.25, 0.3) is 5.91 Å². The zero-order valence-corrected chi connectivity index (χ0v) is 15.8. The van der Waals surface area contributed by atoms with Crippen LogP contribution >= 0.6 is 0 Å². The highest BCUT2D eigenvalue weighted by molar-refractivity contribution is 5.94. The van der Waals surface area contributed by atoms with Crippen LogP contribution in [0.4, 0.5) is 0 Å². The van der Waals surface area contributed by atoms with Crippen LogP contribution in [0.5, 0.6) is 0 Å². The predicted molar refractivity (Wildman–Crippen MR) is 100 cm³/mol. The number of rotatable bonds is 3. The predicted octanol–water partition coefficient (Wildman–Crippen LogP) is 2.34. The SMILES string of the molecule is Cc1ccc(C(=O)N2CCC3(CC2)CO[C@H](CN2CCOCC2)C3)cc1. The Balaban J connectivity index is 1.29. The van der Waals surface area contributed by atoms with Crippen molar-refractivity contribution in [2.24, 2.45) is 5.41 Å². The molecule has 26 heavy (non-hydrogen) atoms. The Morgan fingerprint density at radius 1 is 1.12 bits per heavy atom. The fourth-order valence-corrected chi connectivity index (χ4v) is 4.50. The minimum absolute atomic E-state index is 0.170. The minimum Gasteiger partial charge on any atom is -0.379 e. The van der Waals surface area contributed by atoms with Gasteiger partial charge >= 0.3 is 0 Å². The molecule has 0 unspecified atom stereocenters. The quantitative estimate of drug-likeness (QED) is 0.832. The van der Waals surface area contributed by atoms with Crippen LogP contribution in [0.15, 0.2) is 24.3 Å². The molecule has 4 rings (SSSR count). The normalized spacial score (nSPS) is 26.3. The summed E-state index contributed by atoms with van der Waals surface area (Å²) >= 11 is 0. The Kier molecular flexibility index (Phi) is 5.30. The highest BCUT2D eigenvalue weighted by Gasteiger charge is 2.43. The van der Waals surface area contributed by atoms with Gasteiger partial charge in [-0.2, -0.15) is 0 Å². The zero-order chi connectivity index (χ0) is 18.0. The van der Waals surface area contributed by atoms with E-state index in [-0.39, 0.29) is 11.3 Å². The summed E-state index contributed by atoms with van der Waals surface area (Å²) in [6.07, 6.45) is 3.60. The number of hydrogen-bond acceptors (Lipinski definition) is 4. The smallest absolute Gasteiger partial charge is 0.253 e. The molecule has 1 spiro atoms. The third-order valence-electron chi connectivity index (χ3n) is 6.26. The number of morpholine rings is 1. The Hall–Kier alpha value is -1.43. The molecule has 1 atom stereocenters. The van der Waals surface area contributed by atoms with Crippen LogP contribution in [-0.4, -0.2) is 74.4 Å². The number of amides is 1. The number of benzene rings is 1. The molecule has 0 aromatic heterocycles. The number of ether oxygens (including phenoxy) is 2. The van der Waals surface area contributed by atoms with Crippen molar-refractivity contribution in [3.05, 3.63) is 35.4 Å². The van der Waals surface area contributed by atoms with Crippen LogP contribution in [0.3, 0.4) is 0 Å². The highest BCUT2D eigenvalue weighted by atomic mass is 16.5. The summed E-state index contributed by atoms with van der Waals surface area (Å²) < 4.78 is 11.6. The lowest BCUT2D eigenvalue weighted by atomic mass is 9.76. The molecule has 3 saturated heterocycles. The van der Waals surface area contributed by atoms with Gasteiger partial charge in [-0.1, -0.05) is 17.7 Å². The molecule has 1 aromatic rings. The van der Waals surface area contributed by atoms with Crippen LogP contribution in [0.2, 0.25) is 0 Å². The maximum Gasteiger partial charge on any atom is 0.253 e. The maximum absolute atomic E-state index is 12.7. The molecule has 142 valence electrons. The molecule has 3 heterocycles. The van der Waals surface area contributed by atoms with E-state index in [0.717, 1.165) is 77.4 Å². The van der Waals surface area contributed by atoms with E-state index in [0.29, 0.717) is 6.10 Å². The number of likely N-dealkylation sites (tertiary alicyclic amines) is 1. The molecule has 1 amide bonds. The van der Waals surface area contributed by atoms with E-state index in [1.165, 1.54) is 5.56 Å². The second kappa shape index (κ2) is 7.67. The van der Waals surface area contributed by atoms with Gasteiger partial charge in [-0.3, -0.25) is 9.69 Å². The molecule has 1 aromatic carbocycles. The van der Waals surface area contributed by atoms with Crippen molar-refractivity contribution in [2.75, 3.05) is 52.5 Å². The lowest BCUT2D eigenvalue weighted by Crippen LogP contribution is -2.44. The molecule has 0 saturated carbocycles. The molecule has 0 radical (unpaired) electrons. The van der Waals surface area contributed by atoms with Crippen molar-refractivity contribution in [2.45, 2.75) is 32.3 Å². The van der Waals surface area contributed by atoms with Crippen LogP contribution in [0.1, 0.15) is 35.2 Å². The number of piperidine rings is 1. The van der Waals surface area contributed by atoms with E-state index >= 15 is 0 Å². The summed E-state index contributed by atoms with van der Waals surface area (Å²) in [6.45, 7) is 9.35. The molecule has 5 heteroatoms. The molecular weight excluding hydrogens is 328 g/mol. The summed E-state index contributed by atoms with van der Waals surface area (Å²) in [5.41, 5.74) is 2.27. The van der Waals surface area contributed by atoms with Crippen molar-refractivity contribution in [1.82, 2.24) is 9.80 Å². The number of carbonyl (C=O) groups excluding carboxylic acids is 1. The second-order valence-corrected chi connectivity index (χ2v) is 8.21. The summed E-state index contributed by atoms with van der Waals surface area (Å²) in [5, 5.41) is 0. The fourth-order valence-electron chi connectivity index (χ4n) is 4.50. The summed E-state index contributed by atoms with van der Waals surface area (Å²) in [5.74, 6) is 0.170. The van der Waals surface area contributed by atoms with Gasteiger partial charge in [-0.05, 0) is 43.7 Å². The lowest BCUT2D eigenvalue weighted by molar-refractivity contribution is 0.00524. The summed E-state index contributed by atoms with van der Waals surface area (Å²) in [4.78, 5) is 17.2. The molecule has 3 fully saturated rings. The van der Waals surface area contributed by atoms with Gasteiger partial charge in [-0.25, -0.2) is 0 Å². The van der Waals surface area contributed by atoms with Gasteiger partial charge in [0.15, 0.2) is 0 Å². The Morgan fingerprint density at radius 3 is 2.50 bits per heavy atom. The Bertz CT molecular complexity index is 617. The largest absolute Gasteiger partial charge is 0.379 e. The van der Waals surface area contributed by atoms with E-state index in [1.807, 2.05) is 36.1 Å². The molecule has 0 bridgehead atoms. The topological polar surface area (TPSA) is 42.0 Å². The van der Waals surface area contributed by atoms with E-state index in [2.05, 4.69) is 4.90 Å². The van der Waals surface area contributed by atoms with Crippen LogP contribution in [-0.2, 0) is 9.47 Å². The first-order valence-corrected chi connectivity index (χ1v) is 9.91. The Labute approximate surface area is 156 Å². The van der Waals surface area contributed by atoms with Gasteiger partial charge < -0.3 is 14.4 Å². The second-order valence-electron chi connectivity index (χ2n) is 8.21. The third-order valence-corrected chi connectivity index (χ3v) is 6.26. The molecule has 3 aliphatic heterocycles. The monoisotopic (exact) mass is 358 g/mol. The fraction of sp³-hybridized carbons (Fsp3) is 0.667. The van der Waals surface area contributed by atoms with Crippen LogP contribution in [0.25, 0.3) is 0 Å². The lowest BCUT2D eigenvalue weighted by Gasteiger charge is -2.38. The zero-order valence-electron chi connectivity index (χ0n) is 15.8. The minimum atomic E-state index is 0.170. The van der Waals surface area contributed by atoms with Gasteiger partial charge in [0.1, 0.15) is 0 Å². The van der Waals surface area contributed by atoms with Crippen molar-refractivity contribution in [1.29, 1.82) is 0 Å². The van der Waals surface area contributed by atoms with Gasteiger partial charge in [0.2, 0.25) is 0 Å². The molecule has 5 nitrogen and oxygen atoms in total. The number of hydrogen-bond donors (Lipinski definition) is 0. The van der Waals surface area contributed by atoms with E-state index < -0.39 is 0 Å². The Morgan fingerprint density at radius 2 is 1.81 bits per heavy atom. The summed E-state index contributed by atoms with van der Waals surface area (Å²) in [6, 6.07) is 7.91. The molecule has 0 aliphatic carbocycles. The van der Waals surface area contributed by atoms with Crippen LogP contribution in [0, 0.1) is 12.3 Å². The van der Waals surface area contributed by atoms with Gasteiger partial charge in [-0.15, -0.1) is 0 Å². The highest BCUT2D eigenvalue weighted by Crippen LogP contribution is 2.42. The first-order valence-electron chi connectivity index (χ1n) is 9.91. The van der Waals surface area contributed by atoms with Crippen molar-refractivity contribution >= 4 is 5.91 Å². The molecule has 3 aliphatic rings. The standard InChI is InChI=1S/C21H30N2O3/c1-17-2-4-18(5-3-17)20(24)23-8-6-21(7-9-23)14-19(26-16-21)15-22-10-12-25-13-11-22/h2-5,19H,6-16H2,1H3/t19-/m0/s1. The molecular formula is C21H30N2O3. The molecule has 0 N–H and O–H groups in total. The van der Waals surface area contributed by atoms with E-state index in [1.54, 1.807) is 0 Å². The number of aryl methyl sites for hydroxylation is 1. The maximum atomic E-state index is 12.7.